The van der Waals surface area contributed by atoms with Crippen LogP contribution in [-0.2, 0) is 5.41 Å². The second kappa shape index (κ2) is 3.67. The molecule has 1 N–H and O–H groups in total. The zero-order chi connectivity index (χ0) is 11.1. The molecule has 1 aromatic heterocycles. The van der Waals surface area contributed by atoms with Gasteiger partial charge in [-0.1, -0.05) is 32.4 Å². The Bertz CT molecular complexity index is 364. The first-order valence-electron chi connectivity index (χ1n) is 5.39. The number of nitrogens with zero attached hydrogens (tertiary/aromatic N) is 1. The number of aromatic nitrogens is 1. The Hall–Kier alpha value is -0.760. The molecule has 15 heavy (non-hydrogen) atoms. The van der Waals surface area contributed by atoms with Gasteiger partial charge in [0.05, 0.1) is 5.02 Å². The molecule has 0 aliphatic heterocycles. The van der Waals surface area contributed by atoms with Gasteiger partial charge < -0.3 is 5.32 Å². The van der Waals surface area contributed by atoms with E-state index < -0.39 is 0 Å². The molecule has 0 spiro atoms. The molecule has 82 valence electrons. The first kappa shape index (κ1) is 10.7. The van der Waals surface area contributed by atoms with Crippen molar-refractivity contribution in [2.75, 3.05) is 5.32 Å². The maximum absolute atomic E-state index is 6.14. The SMILES string of the molecule is CC(C)(C)c1cc(NC2CC2)ncc1Cl. The van der Waals surface area contributed by atoms with Gasteiger partial charge in [0.2, 0.25) is 0 Å². The monoisotopic (exact) mass is 224 g/mol. The molecule has 0 bridgehead atoms. The zero-order valence-electron chi connectivity index (χ0n) is 9.47. The van der Waals surface area contributed by atoms with Crippen LogP contribution in [0, 0.1) is 0 Å². The Balaban J connectivity index is 2.27. The summed E-state index contributed by atoms with van der Waals surface area (Å²) in [5, 5.41) is 4.14. The Labute approximate surface area is 96.1 Å². The number of pyridine rings is 1. The normalized spacial score (nSPS) is 16.5. The van der Waals surface area contributed by atoms with Crippen molar-refractivity contribution in [3.8, 4) is 0 Å². The summed E-state index contributed by atoms with van der Waals surface area (Å²) in [6.07, 6.45) is 4.26. The van der Waals surface area contributed by atoms with Crippen LogP contribution in [-0.4, -0.2) is 11.0 Å². The highest BCUT2D eigenvalue weighted by Gasteiger charge is 2.23. The van der Waals surface area contributed by atoms with Gasteiger partial charge in [0.1, 0.15) is 5.82 Å². The maximum Gasteiger partial charge on any atom is 0.126 e. The van der Waals surface area contributed by atoms with E-state index in [1.807, 2.05) is 0 Å². The predicted octanol–water partition coefficient (Wildman–Crippen LogP) is 3.61. The molecule has 0 aromatic carbocycles. The molecule has 1 fully saturated rings. The molecule has 3 heteroatoms. The van der Waals surface area contributed by atoms with Gasteiger partial charge in [-0.25, -0.2) is 4.98 Å². The van der Waals surface area contributed by atoms with Crippen molar-refractivity contribution in [3.05, 3.63) is 22.8 Å². The summed E-state index contributed by atoms with van der Waals surface area (Å²) in [5.41, 5.74) is 1.22. The van der Waals surface area contributed by atoms with Gasteiger partial charge in [-0.15, -0.1) is 0 Å². The average molecular weight is 225 g/mol. The van der Waals surface area contributed by atoms with Gasteiger partial charge >= 0.3 is 0 Å². The molecular weight excluding hydrogens is 208 g/mol. The summed E-state index contributed by atoms with van der Waals surface area (Å²) in [6, 6.07) is 2.70. The summed E-state index contributed by atoms with van der Waals surface area (Å²) in [5.74, 6) is 0.951. The standard InChI is InChI=1S/C12H17ClN2/c1-12(2,3)9-6-11(14-7-10(9)13)15-8-4-5-8/h6-8H,4-5H2,1-3H3,(H,14,15). The van der Waals surface area contributed by atoms with E-state index >= 15 is 0 Å². The molecule has 0 saturated heterocycles. The van der Waals surface area contributed by atoms with Crippen LogP contribution in [0.15, 0.2) is 12.3 Å². The van der Waals surface area contributed by atoms with E-state index in [0.29, 0.717) is 6.04 Å². The summed E-state index contributed by atoms with van der Waals surface area (Å²) >= 11 is 6.14. The van der Waals surface area contributed by atoms with E-state index in [4.69, 9.17) is 11.6 Å². The lowest BCUT2D eigenvalue weighted by atomic mass is 9.87. The number of hydrogen-bond acceptors (Lipinski definition) is 2. The Kier molecular flexibility index (Phi) is 2.63. The van der Waals surface area contributed by atoms with Crippen LogP contribution in [0.4, 0.5) is 5.82 Å². The average Bonchev–Trinajstić information content (AvgIpc) is 2.90. The first-order chi connectivity index (χ1) is 6.97. The largest absolute Gasteiger partial charge is 0.367 e. The smallest absolute Gasteiger partial charge is 0.126 e. The minimum absolute atomic E-state index is 0.0694. The van der Waals surface area contributed by atoms with E-state index in [0.717, 1.165) is 16.4 Å². The molecular formula is C12H17ClN2. The van der Waals surface area contributed by atoms with Crippen molar-refractivity contribution in [1.29, 1.82) is 0 Å². The minimum atomic E-state index is 0.0694. The third-order valence-corrected chi connectivity index (χ3v) is 2.89. The number of anilines is 1. The van der Waals surface area contributed by atoms with Gasteiger partial charge in [0.25, 0.3) is 0 Å². The zero-order valence-corrected chi connectivity index (χ0v) is 10.2. The van der Waals surface area contributed by atoms with Gasteiger partial charge in [-0.05, 0) is 29.9 Å². The second-order valence-electron chi connectivity index (χ2n) is 5.22. The van der Waals surface area contributed by atoms with Crippen LogP contribution in [0.3, 0.4) is 0 Å². The molecule has 1 aliphatic rings. The molecule has 1 heterocycles. The predicted molar refractivity (Wildman–Crippen MR) is 64.6 cm³/mol. The van der Waals surface area contributed by atoms with Crippen molar-refractivity contribution < 1.29 is 0 Å². The highest BCUT2D eigenvalue weighted by molar-refractivity contribution is 6.31. The van der Waals surface area contributed by atoms with E-state index in [9.17, 15) is 0 Å². The third-order valence-electron chi connectivity index (χ3n) is 2.59. The molecule has 2 nitrogen and oxygen atoms in total. The van der Waals surface area contributed by atoms with Gasteiger partial charge in [0.15, 0.2) is 0 Å². The summed E-state index contributed by atoms with van der Waals surface area (Å²) in [4.78, 5) is 4.29. The first-order valence-corrected chi connectivity index (χ1v) is 5.77. The fourth-order valence-corrected chi connectivity index (χ4v) is 1.92. The van der Waals surface area contributed by atoms with Crippen LogP contribution in [0.5, 0.6) is 0 Å². The van der Waals surface area contributed by atoms with E-state index in [2.05, 4.69) is 37.1 Å². The molecule has 2 rings (SSSR count). The van der Waals surface area contributed by atoms with Crippen LogP contribution >= 0.6 is 11.6 Å². The molecule has 1 aromatic rings. The third kappa shape index (κ3) is 2.63. The highest BCUT2D eigenvalue weighted by atomic mass is 35.5. The summed E-state index contributed by atoms with van der Waals surface area (Å²) < 4.78 is 0. The topological polar surface area (TPSA) is 24.9 Å². The fourth-order valence-electron chi connectivity index (χ4n) is 1.53. The Morgan fingerprint density at radius 3 is 2.60 bits per heavy atom. The minimum Gasteiger partial charge on any atom is -0.367 e. The quantitative estimate of drug-likeness (QED) is 0.830. The highest BCUT2D eigenvalue weighted by Crippen LogP contribution is 2.32. The maximum atomic E-state index is 6.14. The lowest BCUT2D eigenvalue weighted by Crippen LogP contribution is -2.13. The summed E-state index contributed by atoms with van der Waals surface area (Å²) in [7, 11) is 0. The molecule has 1 aliphatic carbocycles. The van der Waals surface area contributed by atoms with Crippen molar-refractivity contribution >= 4 is 17.4 Å². The van der Waals surface area contributed by atoms with Gasteiger partial charge in [-0.2, -0.15) is 0 Å². The molecule has 0 amide bonds. The molecule has 0 atom stereocenters. The number of rotatable bonds is 2. The van der Waals surface area contributed by atoms with Crippen molar-refractivity contribution in [3.63, 3.8) is 0 Å². The molecule has 0 radical (unpaired) electrons. The Morgan fingerprint density at radius 2 is 2.07 bits per heavy atom. The number of nitrogens with one attached hydrogen (secondary N) is 1. The van der Waals surface area contributed by atoms with Crippen LogP contribution in [0.1, 0.15) is 39.2 Å². The van der Waals surface area contributed by atoms with E-state index in [-0.39, 0.29) is 5.41 Å². The summed E-state index contributed by atoms with van der Waals surface area (Å²) in [6.45, 7) is 6.49. The van der Waals surface area contributed by atoms with Gasteiger partial charge in [0, 0.05) is 12.2 Å². The molecule has 1 saturated carbocycles. The lowest BCUT2D eigenvalue weighted by molar-refractivity contribution is 0.590. The van der Waals surface area contributed by atoms with Crippen LogP contribution < -0.4 is 5.32 Å². The van der Waals surface area contributed by atoms with E-state index in [1.165, 1.54) is 12.8 Å². The lowest BCUT2D eigenvalue weighted by Gasteiger charge is -2.21. The van der Waals surface area contributed by atoms with Gasteiger partial charge in [-0.3, -0.25) is 0 Å². The van der Waals surface area contributed by atoms with Crippen molar-refractivity contribution in [2.45, 2.75) is 45.1 Å². The van der Waals surface area contributed by atoms with Crippen LogP contribution in [0.25, 0.3) is 0 Å². The van der Waals surface area contributed by atoms with Crippen LogP contribution in [0.2, 0.25) is 5.02 Å². The van der Waals surface area contributed by atoms with Crippen molar-refractivity contribution in [2.24, 2.45) is 0 Å². The number of hydrogen-bond donors (Lipinski definition) is 1. The van der Waals surface area contributed by atoms with E-state index in [1.54, 1.807) is 6.20 Å². The Morgan fingerprint density at radius 1 is 1.40 bits per heavy atom. The number of halogens is 1. The van der Waals surface area contributed by atoms with Crippen molar-refractivity contribution in [1.82, 2.24) is 4.98 Å². The second-order valence-corrected chi connectivity index (χ2v) is 5.63. The fraction of sp³-hybridized carbons (Fsp3) is 0.583. The molecule has 0 unspecified atom stereocenters.